The lowest BCUT2D eigenvalue weighted by molar-refractivity contribution is 0.0975. The number of amides is 1. The smallest absolute Gasteiger partial charge is 0.330 e. The average Bonchev–Trinajstić information content (AvgIpc) is 2.76. The summed E-state index contributed by atoms with van der Waals surface area (Å²) < 4.78 is 20.2. The Balaban J connectivity index is 2.15. The number of H-pyrrole nitrogens is 1. The van der Waals surface area contributed by atoms with Gasteiger partial charge in [-0.2, -0.15) is 0 Å². The van der Waals surface area contributed by atoms with Crippen LogP contribution in [-0.2, 0) is 11.3 Å². The van der Waals surface area contributed by atoms with Crippen LogP contribution in [0.25, 0.3) is 0 Å². The second-order valence-corrected chi connectivity index (χ2v) is 7.58. The van der Waals surface area contributed by atoms with E-state index >= 15 is 0 Å². The number of methoxy groups -OCH3 is 1. The molecule has 0 spiro atoms. The summed E-state index contributed by atoms with van der Waals surface area (Å²) in [4.78, 5) is 41.6. The maximum atomic E-state index is 14.0. The van der Waals surface area contributed by atoms with Crippen LogP contribution in [0.1, 0.15) is 15.9 Å². The number of hydrogen-bond donors (Lipinski definition) is 2. The molecular formula is C21H19Cl2FN4O4. The number of nitrogens with two attached hydrogens (primary N) is 1. The summed E-state index contributed by atoms with van der Waals surface area (Å²) in [5.41, 5.74) is 4.80. The second kappa shape index (κ2) is 9.99. The highest BCUT2D eigenvalue weighted by atomic mass is 35.5. The van der Waals surface area contributed by atoms with E-state index in [0.29, 0.717) is 0 Å². The van der Waals surface area contributed by atoms with Gasteiger partial charge in [0.1, 0.15) is 11.6 Å². The van der Waals surface area contributed by atoms with Gasteiger partial charge < -0.3 is 10.5 Å². The van der Waals surface area contributed by atoms with E-state index in [9.17, 15) is 18.8 Å². The lowest BCUT2D eigenvalue weighted by atomic mass is 10.1. The minimum atomic E-state index is -0.883. The Hall–Kier alpha value is -3.14. The van der Waals surface area contributed by atoms with E-state index in [0.717, 1.165) is 27.2 Å². The van der Waals surface area contributed by atoms with Crippen LogP contribution >= 0.6 is 23.2 Å². The Morgan fingerprint density at radius 2 is 1.88 bits per heavy atom. The van der Waals surface area contributed by atoms with E-state index in [1.807, 2.05) is 6.07 Å². The summed E-state index contributed by atoms with van der Waals surface area (Å²) in [6.07, 6.45) is 0. The Bertz CT molecular complexity index is 1260. The van der Waals surface area contributed by atoms with Crippen molar-refractivity contribution in [3.8, 4) is 0 Å². The minimum absolute atomic E-state index is 0.0239. The van der Waals surface area contributed by atoms with Gasteiger partial charge in [-0.05, 0) is 17.7 Å². The molecule has 32 heavy (non-hydrogen) atoms. The van der Waals surface area contributed by atoms with Crippen LogP contribution in [-0.4, -0.2) is 35.7 Å². The third-order valence-electron chi connectivity index (χ3n) is 4.67. The number of carbonyl (C=O) groups excluding carboxylic acids is 1. The van der Waals surface area contributed by atoms with Crippen molar-refractivity contribution < 1.29 is 13.9 Å². The normalized spacial score (nSPS) is 10.9. The lowest BCUT2D eigenvalue weighted by Gasteiger charge is -2.25. The van der Waals surface area contributed by atoms with Gasteiger partial charge in [-0.3, -0.25) is 24.0 Å². The van der Waals surface area contributed by atoms with Gasteiger partial charge in [0.05, 0.1) is 28.8 Å². The van der Waals surface area contributed by atoms with E-state index in [1.165, 1.54) is 7.11 Å². The van der Waals surface area contributed by atoms with Crippen molar-refractivity contribution in [3.63, 3.8) is 0 Å². The SMILES string of the molecule is COCCN(C(=O)c1cc(F)c(Cl)cc1Cl)c1c(N)n(Cc2ccccc2)c(=O)[nH]c1=O. The Kier molecular flexibility index (Phi) is 7.34. The third kappa shape index (κ3) is 4.85. The molecule has 0 saturated carbocycles. The fourth-order valence-electron chi connectivity index (χ4n) is 3.09. The standard InChI is InChI=1S/C21H19Cl2FN4O4/c1-32-8-7-27(20(30)13-9-16(24)15(23)10-14(13)22)17-18(25)28(21(31)26-19(17)29)11-12-5-3-2-4-6-12/h2-6,9-10H,7-8,11,25H2,1H3,(H,26,29,31). The highest BCUT2D eigenvalue weighted by Crippen LogP contribution is 2.27. The van der Waals surface area contributed by atoms with Gasteiger partial charge in [0.15, 0.2) is 5.69 Å². The maximum Gasteiger partial charge on any atom is 0.330 e. The quantitative estimate of drug-likeness (QED) is 0.505. The number of rotatable bonds is 7. The molecule has 1 amide bonds. The average molecular weight is 481 g/mol. The van der Waals surface area contributed by atoms with E-state index in [-0.39, 0.29) is 46.8 Å². The van der Waals surface area contributed by atoms with Gasteiger partial charge in [-0.25, -0.2) is 9.18 Å². The highest BCUT2D eigenvalue weighted by Gasteiger charge is 2.27. The predicted octanol–water partition coefficient (Wildman–Crippen LogP) is 2.91. The first-order valence-electron chi connectivity index (χ1n) is 9.36. The van der Waals surface area contributed by atoms with Crippen LogP contribution in [0.3, 0.4) is 0 Å². The van der Waals surface area contributed by atoms with Gasteiger partial charge in [0, 0.05) is 13.7 Å². The number of carbonyl (C=O) groups is 1. The molecule has 3 aromatic rings. The predicted molar refractivity (Wildman–Crippen MR) is 121 cm³/mol. The Labute approximate surface area is 191 Å². The summed E-state index contributed by atoms with van der Waals surface area (Å²) in [5.74, 6) is -1.91. The van der Waals surface area contributed by atoms with Crippen molar-refractivity contribution in [1.29, 1.82) is 0 Å². The molecule has 8 nitrogen and oxygen atoms in total. The first-order valence-corrected chi connectivity index (χ1v) is 10.1. The van der Waals surface area contributed by atoms with E-state index < -0.39 is 23.0 Å². The molecule has 3 rings (SSSR count). The van der Waals surface area contributed by atoms with Gasteiger partial charge in [-0.15, -0.1) is 0 Å². The van der Waals surface area contributed by atoms with Crippen LogP contribution in [0, 0.1) is 5.82 Å². The summed E-state index contributed by atoms with van der Waals surface area (Å²) in [7, 11) is 1.40. The van der Waals surface area contributed by atoms with E-state index in [1.54, 1.807) is 24.3 Å². The van der Waals surface area contributed by atoms with Crippen LogP contribution in [0.2, 0.25) is 10.0 Å². The second-order valence-electron chi connectivity index (χ2n) is 6.76. The molecule has 0 saturated heterocycles. The van der Waals surface area contributed by atoms with Crippen molar-refractivity contribution in [2.24, 2.45) is 0 Å². The zero-order chi connectivity index (χ0) is 23.4. The van der Waals surface area contributed by atoms with Gasteiger partial charge in [0.2, 0.25) is 0 Å². The number of aromatic amines is 1. The molecule has 0 unspecified atom stereocenters. The fourth-order valence-corrected chi connectivity index (χ4v) is 3.55. The Morgan fingerprint density at radius 3 is 2.53 bits per heavy atom. The fraction of sp³-hybridized carbons (Fsp3) is 0.190. The monoisotopic (exact) mass is 480 g/mol. The molecule has 1 aromatic heterocycles. The van der Waals surface area contributed by atoms with Crippen LogP contribution in [0.15, 0.2) is 52.1 Å². The van der Waals surface area contributed by atoms with Crippen LogP contribution in [0.4, 0.5) is 15.9 Å². The van der Waals surface area contributed by atoms with Gasteiger partial charge in [0.25, 0.3) is 11.5 Å². The molecule has 0 aliphatic rings. The third-order valence-corrected chi connectivity index (χ3v) is 5.27. The minimum Gasteiger partial charge on any atom is -0.383 e. The number of halogens is 3. The molecule has 0 radical (unpaired) electrons. The zero-order valence-electron chi connectivity index (χ0n) is 16.9. The van der Waals surface area contributed by atoms with Crippen LogP contribution in [0.5, 0.6) is 0 Å². The molecule has 168 valence electrons. The molecule has 0 bridgehead atoms. The van der Waals surface area contributed by atoms with Crippen LogP contribution < -0.4 is 21.9 Å². The first-order chi connectivity index (χ1) is 15.2. The van der Waals surface area contributed by atoms with Gasteiger partial charge >= 0.3 is 5.69 Å². The molecule has 3 N–H and O–H groups in total. The molecule has 11 heteroatoms. The van der Waals surface area contributed by atoms with E-state index in [4.69, 9.17) is 33.7 Å². The highest BCUT2D eigenvalue weighted by molar-refractivity contribution is 6.37. The lowest BCUT2D eigenvalue weighted by Crippen LogP contribution is -2.42. The number of nitrogens with one attached hydrogen (secondary N) is 1. The number of ether oxygens (including phenoxy) is 1. The summed E-state index contributed by atoms with van der Waals surface area (Å²) >= 11 is 11.8. The number of nitrogens with zero attached hydrogens (tertiary/aromatic N) is 2. The van der Waals surface area contributed by atoms with E-state index in [2.05, 4.69) is 4.98 Å². The van der Waals surface area contributed by atoms with Crippen molar-refractivity contribution >= 4 is 40.6 Å². The van der Waals surface area contributed by atoms with Crippen molar-refractivity contribution in [3.05, 3.63) is 90.3 Å². The molecule has 0 fully saturated rings. The first kappa shape index (κ1) is 23.5. The van der Waals surface area contributed by atoms with Crippen molar-refractivity contribution in [2.45, 2.75) is 6.54 Å². The topological polar surface area (TPSA) is 110 Å². The number of benzene rings is 2. The molecule has 2 aromatic carbocycles. The molecular weight excluding hydrogens is 462 g/mol. The largest absolute Gasteiger partial charge is 0.383 e. The van der Waals surface area contributed by atoms with Crippen molar-refractivity contribution in [1.82, 2.24) is 9.55 Å². The zero-order valence-corrected chi connectivity index (χ0v) is 18.4. The number of nitrogen functional groups attached to an aromatic ring is 1. The molecule has 0 atom stereocenters. The Morgan fingerprint density at radius 1 is 1.19 bits per heavy atom. The molecule has 0 aliphatic heterocycles. The summed E-state index contributed by atoms with van der Waals surface area (Å²) in [6.45, 7) is -0.0409. The number of aromatic nitrogens is 2. The van der Waals surface area contributed by atoms with Crippen molar-refractivity contribution in [2.75, 3.05) is 30.9 Å². The maximum absolute atomic E-state index is 14.0. The molecule has 0 aliphatic carbocycles. The van der Waals surface area contributed by atoms with Gasteiger partial charge in [-0.1, -0.05) is 53.5 Å². The summed E-state index contributed by atoms with van der Waals surface area (Å²) in [5, 5.41) is -0.375. The summed E-state index contributed by atoms with van der Waals surface area (Å²) in [6, 6.07) is 10.9. The number of hydrogen-bond acceptors (Lipinski definition) is 5. The number of anilines is 2. The molecule has 1 heterocycles.